The summed E-state index contributed by atoms with van der Waals surface area (Å²) in [5, 5.41) is 18.0. The number of nitrogens with one attached hydrogen (secondary N) is 2. The molecule has 3 heterocycles. The molecule has 0 aliphatic carbocycles. The Morgan fingerprint density at radius 3 is 2.75 bits per heavy atom. The Morgan fingerprint density at radius 1 is 1.25 bits per heavy atom. The van der Waals surface area contributed by atoms with Crippen LogP contribution in [0.4, 0.5) is 0 Å². The highest BCUT2D eigenvalue weighted by molar-refractivity contribution is 5.96. The Bertz CT molecular complexity index is 827. The lowest BCUT2D eigenvalue weighted by atomic mass is 10.3. The molecule has 0 saturated carbocycles. The van der Waals surface area contributed by atoms with E-state index < -0.39 is 5.97 Å². The van der Waals surface area contributed by atoms with Crippen molar-refractivity contribution in [1.82, 2.24) is 24.8 Å². The minimum Gasteiger partial charge on any atom is -0.477 e. The number of imidazole rings is 1. The Hall–Kier alpha value is -3.09. The SMILES string of the molecule is O=C(O)c1c[nH]n2c1nc1ccccc12.c1cn[nH]c1. The van der Waals surface area contributed by atoms with Gasteiger partial charge in [0.25, 0.3) is 0 Å². The van der Waals surface area contributed by atoms with Gasteiger partial charge in [0.05, 0.1) is 11.0 Å². The van der Waals surface area contributed by atoms with E-state index in [1.54, 1.807) is 16.9 Å². The fourth-order valence-electron chi connectivity index (χ4n) is 1.90. The maximum atomic E-state index is 10.9. The van der Waals surface area contributed by atoms with Crippen molar-refractivity contribution in [3.63, 3.8) is 0 Å². The van der Waals surface area contributed by atoms with E-state index in [-0.39, 0.29) is 5.56 Å². The lowest BCUT2D eigenvalue weighted by Gasteiger charge is -1.87. The number of benzene rings is 1. The van der Waals surface area contributed by atoms with Crippen LogP contribution in [0, 0.1) is 0 Å². The van der Waals surface area contributed by atoms with Crippen LogP contribution in [-0.4, -0.2) is 35.9 Å². The normalized spacial score (nSPS) is 10.4. The van der Waals surface area contributed by atoms with Crippen LogP contribution in [0.25, 0.3) is 16.7 Å². The molecule has 3 aromatic heterocycles. The summed E-state index contributed by atoms with van der Waals surface area (Å²) in [4.78, 5) is 15.1. The van der Waals surface area contributed by atoms with Crippen molar-refractivity contribution in [2.45, 2.75) is 0 Å². The number of carboxylic acid groups (broad SMARTS) is 1. The number of fused-ring (bicyclic) bond motifs is 3. The molecule has 20 heavy (non-hydrogen) atoms. The zero-order valence-corrected chi connectivity index (χ0v) is 10.3. The van der Waals surface area contributed by atoms with Gasteiger partial charge in [-0.15, -0.1) is 0 Å². The first-order valence-corrected chi connectivity index (χ1v) is 5.89. The second-order valence-electron chi connectivity index (χ2n) is 4.02. The largest absolute Gasteiger partial charge is 0.477 e. The molecule has 0 atom stereocenters. The van der Waals surface area contributed by atoms with E-state index in [1.807, 2.05) is 30.3 Å². The van der Waals surface area contributed by atoms with Crippen LogP contribution < -0.4 is 0 Å². The van der Waals surface area contributed by atoms with Gasteiger partial charge in [0, 0.05) is 18.6 Å². The highest BCUT2D eigenvalue weighted by Crippen LogP contribution is 2.18. The van der Waals surface area contributed by atoms with Crippen molar-refractivity contribution in [2.75, 3.05) is 0 Å². The third kappa shape index (κ3) is 2.01. The second-order valence-corrected chi connectivity index (χ2v) is 4.02. The molecule has 0 saturated heterocycles. The monoisotopic (exact) mass is 269 g/mol. The number of para-hydroxylation sites is 2. The van der Waals surface area contributed by atoms with Crippen molar-refractivity contribution in [3.05, 3.63) is 54.5 Å². The molecule has 0 spiro atoms. The number of nitrogens with zero attached hydrogens (tertiary/aromatic N) is 3. The zero-order chi connectivity index (χ0) is 13.9. The van der Waals surface area contributed by atoms with Gasteiger partial charge >= 0.3 is 5.97 Å². The van der Waals surface area contributed by atoms with E-state index in [1.165, 1.54) is 6.20 Å². The number of aromatic amines is 2. The zero-order valence-electron chi connectivity index (χ0n) is 10.3. The summed E-state index contributed by atoms with van der Waals surface area (Å²) in [5.41, 5.74) is 2.29. The van der Waals surface area contributed by atoms with Gasteiger partial charge in [0.15, 0.2) is 5.65 Å². The molecule has 1 aromatic carbocycles. The molecule has 0 radical (unpaired) electrons. The summed E-state index contributed by atoms with van der Waals surface area (Å²) in [7, 11) is 0. The predicted molar refractivity (Wildman–Crippen MR) is 72.6 cm³/mol. The van der Waals surface area contributed by atoms with Gasteiger partial charge in [0.1, 0.15) is 5.56 Å². The van der Waals surface area contributed by atoms with Gasteiger partial charge in [0.2, 0.25) is 0 Å². The molecule has 0 amide bonds. The van der Waals surface area contributed by atoms with E-state index in [9.17, 15) is 4.79 Å². The first-order valence-electron chi connectivity index (χ1n) is 5.89. The first-order chi connectivity index (χ1) is 9.77. The average molecular weight is 269 g/mol. The van der Waals surface area contributed by atoms with Crippen LogP contribution in [0.5, 0.6) is 0 Å². The number of carbonyl (C=O) groups is 1. The van der Waals surface area contributed by atoms with Crippen molar-refractivity contribution in [3.8, 4) is 0 Å². The van der Waals surface area contributed by atoms with Crippen molar-refractivity contribution < 1.29 is 9.90 Å². The van der Waals surface area contributed by atoms with Gasteiger partial charge in [-0.1, -0.05) is 12.1 Å². The van der Waals surface area contributed by atoms with E-state index in [4.69, 9.17) is 5.11 Å². The molecule has 3 N–H and O–H groups in total. The molecule has 0 bridgehead atoms. The molecule has 4 aromatic rings. The predicted octanol–water partition coefficient (Wildman–Crippen LogP) is 1.92. The number of carboxylic acids is 1. The Balaban J connectivity index is 0.000000205. The lowest BCUT2D eigenvalue weighted by Crippen LogP contribution is -1.94. The fourth-order valence-corrected chi connectivity index (χ4v) is 1.90. The van der Waals surface area contributed by atoms with E-state index in [2.05, 4.69) is 20.3 Å². The maximum absolute atomic E-state index is 10.9. The smallest absolute Gasteiger partial charge is 0.341 e. The van der Waals surface area contributed by atoms with Gasteiger partial charge in [-0.05, 0) is 18.2 Å². The standard InChI is InChI=1S/C10H7N3O2.C3H4N2/c14-10(15)6-5-11-13-8-4-2-1-3-7(8)12-9(6)13;1-2-4-5-3-1/h1-5,11H,(H,14,15);1-3H,(H,4,5). The fraction of sp³-hybridized carbons (Fsp3) is 0. The summed E-state index contributed by atoms with van der Waals surface area (Å²) in [6.45, 7) is 0. The first kappa shape index (κ1) is 12.0. The molecule has 0 fully saturated rings. The molecule has 0 unspecified atom stereocenters. The average Bonchev–Trinajstić information content (AvgIpc) is 3.17. The second kappa shape index (κ2) is 4.88. The molecule has 7 nitrogen and oxygen atoms in total. The third-order valence-corrected chi connectivity index (χ3v) is 2.78. The van der Waals surface area contributed by atoms with Crippen LogP contribution in [0.2, 0.25) is 0 Å². The Labute approximate surface area is 112 Å². The third-order valence-electron chi connectivity index (χ3n) is 2.78. The molecular weight excluding hydrogens is 258 g/mol. The van der Waals surface area contributed by atoms with Crippen molar-refractivity contribution in [2.24, 2.45) is 0 Å². The molecule has 0 aliphatic heterocycles. The Morgan fingerprint density at radius 2 is 2.10 bits per heavy atom. The number of aromatic nitrogens is 5. The Kier molecular flexibility index (Phi) is 2.92. The molecule has 7 heteroatoms. The van der Waals surface area contributed by atoms with Crippen molar-refractivity contribution >= 4 is 22.6 Å². The maximum Gasteiger partial charge on any atom is 0.341 e. The van der Waals surface area contributed by atoms with E-state index in [0.29, 0.717) is 5.65 Å². The van der Waals surface area contributed by atoms with Crippen LogP contribution >= 0.6 is 0 Å². The summed E-state index contributed by atoms with van der Waals surface area (Å²) in [6, 6.07) is 9.33. The summed E-state index contributed by atoms with van der Waals surface area (Å²) in [6.07, 6.45) is 4.90. The van der Waals surface area contributed by atoms with Gasteiger partial charge in [-0.3, -0.25) is 10.2 Å². The number of hydrogen-bond acceptors (Lipinski definition) is 3. The minimum absolute atomic E-state index is 0.186. The van der Waals surface area contributed by atoms with Crippen LogP contribution in [0.1, 0.15) is 10.4 Å². The molecule has 4 rings (SSSR count). The van der Waals surface area contributed by atoms with Crippen LogP contribution in [0.3, 0.4) is 0 Å². The summed E-state index contributed by atoms with van der Waals surface area (Å²) in [5.74, 6) is -0.975. The van der Waals surface area contributed by atoms with Gasteiger partial charge in [-0.2, -0.15) is 5.10 Å². The highest BCUT2D eigenvalue weighted by Gasteiger charge is 2.14. The topological polar surface area (TPSA) is 99.1 Å². The lowest BCUT2D eigenvalue weighted by molar-refractivity contribution is 0.0699. The molecular formula is C13H11N5O2. The number of H-pyrrole nitrogens is 2. The van der Waals surface area contributed by atoms with Crippen molar-refractivity contribution in [1.29, 1.82) is 0 Å². The quantitative estimate of drug-likeness (QED) is 0.491. The number of rotatable bonds is 1. The van der Waals surface area contributed by atoms with Crippen LogP contribution in [-0.2, 0) is 0 Å². The molecule has 100 valence electrons. The van der Waals surface area contributed by atoms with Gasteiger partial charge < -0.3 is 5.11 Å². The van der Waals surface area contributed by atoms with E-state index in [0.717, 1.165) is 11.0 Å². The summed E-state index contributed by atoms with van der Waals surface area (Å²) < 4.78 is 1.67. The number of hydrogen-bond donors (Lipinski definition) is 3. The number of aromatic carboxylic acids is 1. The van der Waals surface area contributed by atoms with E-state index >= 15 is 0 Å². The van der Waals surface area contributed by atoms with Gasteiger partial charge in [-0.25, -0.2) is 14.3 Å². The minimum atomic E-state index is -0.975. The van der Waals surface area contributed by atoms with Crippen LogP contribution in [0.15, 0.2) is 48.9 Å². The molecule has 0 aliphatic rings. The highest BCUT2D eigenvalue weighted by atomic mass is 16.4. The summed E-state index contributed by atoms with van der Waals surface area (Å²) >= 11 is 0.